The highest BCUT2D eigenvalue weighted by molar-refractivity contribution is 6.06. The minimum Gasteiger partial charge on any atom is -0.321 e. The van der Waals surface area contributed by atoms with Crippen LogP contribution in [-0.2, 0) is 0 Å². The van der Waals surface area contributed by atoms with Crippen LogP contribution in [0.25, 0.3) is 5.65 Å². The quantitative estimate of drug-likeness (QED) is 0.785. The van der Waals surface area contributed by atoms with Gasteiger partial charge in [-0.05, 0) is 39.0 Å². The molecule has 3 rings (SSSR count). The van der Waals surface area contributed by atoms with Crippen LogP contribution >= 0.6 is 0 Å². The lowest BCUT2D eigenvalue weighted by molar-refractivity contribution is 0.102. The second-order valence-electron chi connectivity index (χ2n) is 5.15. The SMILES string of the molecule is Cc1ccc(NC(=O)c2ncn3c(C)cc(C)nc23)cc1. The number of imidazole rings is 1. The molecule has 2 aromatic heterocycles. The third-order valence-electron chi connectivity index (χ3n) is 3.35. The number of carbonyl (C=O) groups excluding carboxylic acids is 1. The van der Waals surface area contributed by atoms with E-state index < -0.39 is 0 Å². The molecule has 21 heavy (non-hydrogen) atoms. The van der Waals surface area contributed by atoms with E-state index in [2.05, 4.69) is 15.3 Å². The molecule has 0 saturated carbocycles. The Hall–Kier alpha value is -2.69. The Balaban J connectivity index is 1.96. The summed E-state index contributed by atoms with van der Waals surface area (Å²) < 4.78 is 1.82. The molecule has 0 unspecified atom stereocenters. The number of amides is 1. The van der Waals surface area contributed by atoms with E-state index in [9.17, 15) is 4.79 Å². The van der Waals surface area contributed by atoms with E-state index in [0.717, 1.165) is 22.6 Å². The molecule has 5 nitrogen and oxygen atoms in total. The molecule has 0 aliphatic rings. The van der Waals surface area contributed by atoms with E-state index in [1.807, 2.05) is 55.5 Å². The molecule has 0 aliphatic carbocycles. The first kappa shape index (κ1) is 13.3. The Labute approximate surface area is 122 Å². The summed E-state index contributed by atoms with van der Waals surface area (Å²) in [5.74, 6) is -0.251. The summed E-state index contributed by atoms with van der Waals surface area (Å²) in [6, 6.07) is 9.60. The molecule has 1 N–H and O–H groups in total. The fourth-order valence-corrected chi connectivity index (χ4v) is 2.27. The number of benzene rings is 1. The van der Waals surface area contributed by atoms with Gasteiger partial charge in [-0.1, -0.05) is 17.7 Å². The number of rotatable bonds is 2. The average molecular weight is 280 g/mol. The molecule has 1 amide bonds. The van der Waals surface area contributed by atoms with E-state index in [4.69, 9.17) is 0 Å². The maximum atomic E-state index is 12.4. The Morgan fingerprint density at radius 2 is 1.86 bits per heavy atom. The van der Waals surface area contributed by atoms with Crippen molar-refractivity contribution >= 4 is 17.2 Å². The highest BCUT2D eigenvalue weighted by Crippen LogP contribution is 2.14. The van der Waals surface area contributed by atoms with Gasteiger partial charge in [-0.25, -0.2) is 9.97 Å². The van der Waals surface area contributed by atoms with Gasteiger partial charge in [0.25, 0.3) is 5.91 Å². The van der Waals surface area contributed by atoms with Crippen molar-refractivity contribution in [3.05, 3.63) is 59.3 Å². The minimum absolute atomic E-state index is 0.251. The van der Waals surface area contributed by atoms with E-state index in [1.54, 1.807) is 6.33 Å². The summed E-state index contributed by atoms with van der Waals surface area (Å²) >= 11 is 0. The van der Waals surface area contributed by atoms with Gasteiger partial charge in [0.15, 0.2) is 11.3 Å². The molecule has 0 atom stereocenters. The van der Waals surface area contributed by atoms with E-state index in [-0.39, 0.29) is 5.91 Å². The number of hydrogen-bond acceptors (Lipinski definition) is 3. The Morgan fingerprint density at radius 3 is 2.57 bits per heavy atom. The largest absolute Gasteiger partial charge is 0.321 e. The third kappa shape index (κ3) is 2.50. The molecular weight excluding hydrogens is 264 g/mol. The van der Waals surface area contributed by atoms with Crippen molar-refractivity contribution in [2.45, 2.75) is 20.8 Å². The Kier molecular flexibility index (Phi) is 3.17. The molecule has 0 bridgehead atoms. The lowest BCUT2D eigenvalue weighted by Gasteiger charge is -2.05. The molecule has 0 spiro atoms. The number of aryl methyl sites for hydroxylation is 3. The molecule has 3 aromatic rings. The summed E-state index contributed by atoms with van der Waals surface area (Å²) in [6.45, 7) is 5.87. The van der Waals surface area contributed by atoms with Crippen molar-refractivity contribution in [1.82, 2.24) is 14.4 Å². The van der Waals surface area contributed by atoms with Crippen molar-refractivity contribution in [3.8, 4) is 0 Å². The second-order valence-corrected chi connectivity index (χ2v) is 5.15. The maximum Gasteiger partial charge on any atom is 0.278 e. The van der Waals surface area contributed by atoms with E-state index in [1.165, 1.54) is 0 Å². The summed E-state index contributed by atoms with van der Waals surface area (Å²) in [4.78, 5) is 21.0. The third-order valence-corrected chi connectivity index (χ3v) is 3.35. The fourth-order valence-electron chi connectivity index (χ4n) is 2.27. The van der Waals surface area contributed by atoms with Crippen molar-refractivity contribution in [2.24, 2.45) is 0 Å². The van der Waals surface area contributed by atoms with Gasteiger partial charge in [0.1, 0.15) is 6.33 Å². The Bertz CT molecular complexity index is 818. The zero-order chi connectivity index (χ0) is 15.0. The number of carbonyl (C=O) groups is 1. The molecule has 0 fully saturated rings. The average Bonchev–Trinajstić information content (AvgIpc) is 2.85. The number of hydrogen-bond donors (Lipinski definition) is 1. The van der Waals surface area contributed by atoms with Gasteiger partial charge in [0.2, 0.25) is 0 Å². The van der Waals surface area contributed by atoms with Crippen LogP contribution in [-0.4, -0.2) is 20.3 Å². The highest BCUT2D eigenvalue weighted by Gasteiger charge is 2.16. The topological polar surface area (TPSA) is 59.3 Å². The van der Waals surface area contributed by atoms with Gasteiger partial charge in [-0.2, -0.15) is 0 Å². The van der Waals surface area contributed by atoms with Crippen LogP contribution in [0.2, 0.25) is 0 Å². The number of anilines is 1. The van der Waals surface area contributed by atoms with Gasteiger partial charge < -0.3 is 5.32 Å². The van der Waals surface area contributed by atoms with Crippen LogP contribution in [0.5, 0.6) is 0 Å². The number of aromatic nitrogens is 3. The summed E-state index contributed by atoms with van der Waals surface area (Å²) in [7, 11) is 0. The van der Waals surface area contributed by atoms with Crippen molar-refractivity contribution < 1.29 is 4.79 Å². The summed E-state index contributed by atoms with van der Waals surface area (Å²) in [5.41, 5.74) is 4.67. The molecule has 1 aromatic carbocycles. The highest BCUT2D eigenvalue weighted by atomic mass is 16.1. The minimum atomic E-state index is -0.251. The Morgan fingerprint density at radius 1 is 1.14 bits per heavy atom. The monoisotopic (exact) mass is 280 g/mol. The molecule has 0 saturated heterocycles. The molecule has 0 aliphatic heterocycles. The van der Waals surface area contributed by atoms with E-state index >= 15 is 0 Å². The predicted octanol–water partition coefficient (Wildman–Crippen LogP) is 2.91. The number of nitrogens with one attached hydrogen (secondary N) is 1. The maximum absolute atomic E-state index is 12.4. The normalized spacial score (nSPS) is 10.8. The number of fused-ring (bicyclic) bond motifs is 1. The molecular formula is C16H16N4O. The van der Waals surface area contributed by atoms with Gasteiger partial charge in [-0.3, -0.25) is 9.20 Å². The lowest BCUT2D eigenvalue weighted by Crippen LogP contribution is -2.13. The van der Waals surface area contributed by atoms with Crippen molar-refractivity contribution in [3.63, 3.8) is 0 Å². The number of nitrogens with zero attached hydrogens (tertiary/aromatic N) is 3. The summed E-state index contributed by atoms with van der Waals surface area (Å²) in [5, 5.41) is 2.85. The van der Waals surface area contributed by atoms with Crippen LogP contribution in [0.3, 0.4) is 0 Å². The van der Waals surface area contributed by atoms with Gasteiger partial charge >= 0.3 is 0 Å². The zero-order valence-corrected chi connectivity index (χ0v) is 12.2. The first-order valence-electron chi connectivity index (χ1n) is 6.74. The second kappa shape index (κ2) is 5.01. The van der Waals surface area contributed by atoms with Crippen LogP contribution in [0.4, 0.5) is 5.69 Å². The summed E-state index contributed by atoms with van der Waals surface area (Å²) in [6.07, 6.45) is 1.63. The predicted molar refractivity (Wildman–Crippen MR) is 81.6 cm³/mol. The molecule has 5 heteroatoms. The molecule has 0 radical (unpaired) electrons. The van der Waals surface area contributed by atoms with Crippen LogP contribution in [0.1, 0.15) is 27.4 Å². The fraction of sp³-hybridized carbons (Fsp3) is 0.188. The smallest absolute Gasteiger partial charge is 0.278 e. The van der Waals surface area contributed by atoms with E-state index in [0.29, 0.717) is 11.3 Å². The lowest BCUT2D eigenvalue weighted by atomic mass is 10.2. The van der Waals surface area contributed by atoms with Gasteiger partial charge in [0.05, 0.1) is 0 Å². The van der Waals surface area contributed by atoms with Crippen molar-refractivity contribution in [1.29, 1.82) is 0 Å². The molecule has 106 valence electrons. The zero-order valence-electron chi connectivity index (χ0n) is 12.2. The standard InChI is InChI=1S/C16H16N4O/c1-10-4-6-13(7-5-10)19-16(21)14-15-18-11(2)8-12(3)20(15)9-17-14/h4-9H,1-3H3,(H,19,21). The molecule has 2 heterocycles. The van der Waals surface area contributed by atoms with Crippen LogP contribution in [0.15, 0.2) is 36.7 Å². The van der Waals surface area contributed by atoms with Crippen LogP contribution < -0.4 is 5.32 Å². The van der Waals surface area contributed by atoms with Gasteiger partial charge in [-0.15, -0.1) is 0 Å². The first-order chi connectivity index (χ1) is 10.0. The van der Waals surface area contributed by atoms with Crippen molar-refractivity contribution in [2.75, 3.05) is 5.32 Å². The van der Waals surface area contributed by atoms with Gasteiger partial charge in [0, 0.05) is 17.1 Å². The first-order valence-corrected chi connectivity index (χ1v) is 6.74. The van der Waals surface area contributed by atoms with Crippen LogP contribution in [0, 0.1) is 20.8 Å².